The highest BCUT2D eigenvalue weighted by Gasteiger charge is 2.37. The highest BCUT2D eigenvalue weighted by atomic mass is 16.5. The van der Waals surface area contributed by atoms with Crippen LogP contribution in [0, 0.1) is 5.92 Å². The van der Waals surface area contributed by atoms with Crippen molar-refractivity contribution in [1.82, 2.24) is 4.90 Å². The average Bonchev–Trinajstić information content (AvgIpc) is 2.46. The first kappa shape index (κ1) is 15.2. The summed E-state index contributed by atoms with van der Waals surface area (Å²) in [6.45, 7) is 2.32. The molecule has 1 aromatic carbocycles. The molecule has 2 atom stereocenters. The monoisotopic (exact) mass is 292 g/mol. The Hall–Kier alpha value is -2.24. The number of amides is 2. The summed E-state index contributed by atoms with van der Waals surface area (Å²) in [5.74, 6) is -0.370. The molecule has 6 heteroatoms. The zero-order valence-corrected chi connectivity index (χ0v) is 12.2. The third kappa shape index (κ3) is 3.45. The number of methoxy groups -OCH3 is 1. The number of rotatable bonds is 3. The van der Waals surface area contributed by atoms with Crippen molar-refractivity contribution < 1.29 is 19.4 Å². The van der Waals surface area contributed by atoms with Crippen LogP contribution in [-0.4, -0.2) is 41.7 Å². The summed E-state index contributed by atoms with van der Waals surface area (Å²) in [6.07, 6.45) is 1.64. The molecule has 1 aliphatic heterocycles. The number of aliphatic carboxylic acids is 1. The number of anilines is 1. The molecule has 2 N–H and O–H groups in total. The van der Waals surface area contributed by atoms with Crippen LogP contribution >= 0.6 is 0 Å². The number of hydrogen-bond donors (Lipinski definition) is 2. The first-order valence-electron chi connectivity index (χ1n) is 6.97. The van der Waals surface area contributed by atoms with Gasteiger partial charge in [-0.2, -0.15) is 0 Å². The molecular weight excluding hydrogens is 272 g/mol. The van der Waals surface area contributed by atoms with Crippen LogP contribution in [0.25, 0.3) is 0 Å². The van der Waals surface area contributed by atoms with E-state index in [4.69, 9.17) is 4.74 Å². The van der Waals surface area contributed by atoms with Crippen LogP contribution in [0.4, 0.5) is 10.5 Å². The normalized spacial score (nSPS) is 21.7. The van der Waals surface area contributed by atoms with Crippen LogP contribution in [0.3, 0.4) is 0 Å². The van der Waals surface area contributed by atoms with Crippen molar-refractivity contribution in [2.45, 2.75) is 25.8 Å². The lowest BCUT2D eigenvalue weighted by Crippen LogP contribution is -2.53. The Bertz CT molecular complexity index is 532. The molecule has 2 unspecified atom stereocenters. The fourth-order valence-electron chi connectivity index (χ4n) is 2.69. The maximum atomic E-state index is 12.3. The number of ether oxygens (including phenoxy) is 1. The van der Waals surface area contributed by atoms with Crippen LogP contribution in [-0.2, 0) is 4.79 Å². The predicted octanol–water partition coefficient (Wildman–Crippen LogP) is 2.41. The number of carbonyl (C=O) groups is 2. The van der Waals surface area contributed by atoms with E-state index >= 15 is 0 Å². The lowest BCUT2D eigenvalue weighted by Gasteiger charge is -2.37. The van der Waals surface area contributed by atoms with Gasteiger partial charge in [-0.3, -0.25) is 0 Å². The van der Waals surface area contributed by atoms with E-state index in [0.717, 1.165) is 12.8 Å². The Kier molecular flexibility index (Phi) is 4.67. The van der Waals surface area contributed by atoms with Crippen LogP contribution in [0.1, 0.15) is 19.8 Å². The Balaban J connectivity index is 2.12. The fourth-order valence-corrected chi connectivity index (χ4v) is 2.69. The minimum absolute atomic E-state index is 0.0488. The zero-order chi connectivity index (χ0) is 15.4. The molecule has 0 bridgehead atoms. The molecule has 0 aromatic heterocycles. The minimum atomic E-state index is -0.956. The van der Waals surface area contributed by atoms with Crippen molar-refractivity contribution in [3.05, 3.63) is 24.3 Å². The maximum absolute atomic E-state index is 12.3. The van der Waals surface area contributed by atoms with Gasteiger partial charge in [-0.15, -0.1) is 0 Å². The van der Waals surface area contributed by atoms with Gasteiger partial charge in [-0.05, 0) is 30.9 Å². The molecule has 0 spiro atoms. The van der Waals surface area contributed by atoms with Crippen molar-refractivity contribution in [3.8, 4) is 5.75 Å². The molecule has 1 saturated heterocycles. The highest BCUT2D eigenvalue weighted by molar-refractivity contribution is 5.92. The number of likely N-dealkylation sites (tertiary alicyclic amines) is 1. The number of benzene rings is 1. The molecule has 1 fully saturated rings. The summed E-state index contributed by atoms with van der Waals surface area (Å²) in [7, 11) is 1.55. The van der Waals surface area contributed by atoms with E-state index < -0.39 is 12.0 Å². The smallest absolute Gasteiger partial charge is 0.326 e. The number of carboxylic acids is 1. The number of piperidine rings is 1. The molecule has 0 saturated carbocycles. The second kappa shape index (κ2) is 6.47. The number of hydrogen-bond acceptors (Lipinski definition) is 3. The fraction of sp³-hybridized carbons (Fsp3) is 0.467. The molecule has 0 radical (unpaired) electrons. The van der Waals surface area contributed by atoms with E-state index in [1.807, 2.05) is 6.92 Å². The molecule has 1 heterocycles. The van der Waals surface area contributed by atoms with E-state index in [0.29, 0.717) is 18.0 Å². The first-order chi connectivity index (χ1) is 10.0. The van der Waals surface area contributed by atoms with Gasteiger partial charge in [-0.25, -0.2) is 9.59 Å². The third-order valence-electron chi connectivity index (χ3n) is 3.77. The van der Waals surface area contributed by atoms with Crippen LogP contribution in [0.15, 0.2) is 24.3 Å². The molecule has 2 rings (SSSR count). The molecule has 1 aliphatic rings. The average molecular weight is 292 g/mol. The van der Waals surface area contributed by atoms with Gasteiger partial charge in [0.1, 0.15) is 11.8 Å². The van der Waals surface area contributed by atoms with Gasteiger partial charge in [-0.1, -0.05) is 13.0 Å². The van der Waals surface area contributed by atoms with Gasteiger partial charge in [0.05, 0.1) is 7.11 Å². The lowest BCUT2D eigenvalue weighted by molar-refractivity contribution is -0.145. The number of carboxylic acid groups (broad SMARTS) is 1. The lowest BCUT2D eigenvalue weighted by atomic mass is 9.91. The van der Waals surface area contributed by atoms with Gasteiger partial charge in [0.25, 0.3) is 0 Å². The van der Waals surface area contributed by atoms with Crippen molar-refractivity contribution in [3.63, 3.8) is 0 Å². The van der Waals surface area contributed by atoms with E-state index in [1.54, 1.807) is 31.4 Å². The standard InChI is InChI=1S/C15H20N2O4/c1-10-5-4-8-17(13(10)14(18)19)15(20)16-11-6-3-7-12(9-11)21-2/h3,6-7,9-10,13H,4-5,8H2,1-2H3,(H,16,20)(H,18,19). The molecule has 2 amide bonds. The van der Waals surface area contributed by atoms with Crippen molar-refractivity contribution in [2.24, 2.45) is 5.92 Å². The van der Waals surface area contributed by atoms with Gasteiger partial charge in [0.2, 0.25) is 0 Å². The Labute approximate surface area is 123 Å². The van der Waals surface area contributed by atoms with Crippen molar-refractivity contribution in [1.29, 1.82) is 0 Å². The number of nitrogens with zero attached hydrogens (tertiary/aromatic N) is 1. The molecule has 0 aliphatic carbocycles. The Morgan fingerprint density at radius 1 is 1.43 bits per heavy atom. The predicted molar refractivity (Wildman–Crippen MR) is 78.5 cm³/mol. The topological polar surface area (TPSA) is 78.9 Å². The maximum Gasteiger partial charge on any atom is 0.326 e. The highest BCUT2D eigenvalue weighted by Crippen LogP contribution is 2.25. The number of nitrogens with one attached hydrogen (secondary N) is 1. The summed E-state index contributed by atoms with van der Waals surface area (Å²) in [6, 6.07) is 5.82. The van der Waals surface area contributed by atoms with Gasteiger partial charge in [0.15, 0.2) is 0 Å². The van der Waals surface area contributed by atoms with Crippen molar-refractivity contribution >= 4 is 17.7 Å². The molecule has 21 heavy (non-hydrogen) atoms. The van der Waals surface area contributed by atoms with E-state index in [2.05, 4.69) is 5.32 Å². The van der Waals surface area contributed by atoms with Crippen LogP contribution in [0.5, 0.6) is 5.75 Å². The quantitative estimate of drug-likeness (QED) is 0.896. The van der Waals surface area contributed by atoms with E-state index in [1.165, 1.54) is 4.90 Å². The number of urea groups is 1. The minimum Gasteiger partial charge on any atom is -0.497 e. The first-order valence-corrected chi connectivity index (χ1v) is 6.97. The second-order valence-corrected chi connectivity index (χ2v) is 5.26. The Morgan fingerprint density at radius 3 is 2.86 bits per heavy atom. The Morgan fingerprint density at radius 2 is 2.19 bits per heavy atom. The van der Waals surface area contributed by atoms with Gasteiger partial charge in [0, 0.05) is 18.3 Å². The SMILES string of the molecule is COc1cccc(NC(=O)N2CCCC(C)C2C(=O)O)c1. The largest absolute Gasteiger partial charge is 0.497 e. The van der Waals surface area contributed by atoms with Crippen LogP contribution < -0.4 is 10.1 Å². The molecule has 1 aromatic rings. The zero-order valence-electron chi connectivity index (χ0n) is 12.2. The van der Waals surface area contributed by atoms with E-state index in [-0.39, 0.29) is 11.9 Å². The van der Waals surface area contributed by atoms with E-state index in [9.17, 15) is 14.7 Å². The number of carbonyl (C=O) groups excluding carboxylic acids is 1. The summed E-state index contributed by atoms with van der Waals surface area (Å²) in [5, 5.41) is 12.1. The summed E-state index contributed by atoms with van der Waals surface area (Å²) >= 11 is 0. The van der Waals surface area contributed by atoms with Crippen LogP contribution in [0.2, 0.25) is 0 Å². The van der Waals surface area contributed by atoms with Crippen molar-refractivity contribution in [2.75, 3.05) is 19.0 Å². The molecule has 114 valence electrons. The van der Waals surface area contributed by atoms with Gasteiger partial charge >= 0.3 is 12.0 Å². The summed E-state index contributed by atoms with van der Waals surface area (Å²) in [5.41, 5.74) is 0.585. The molecular formula is C15H20N2O4. The third-order valence-corrected chi connectivity index (χ3v) is 3.77. The van der Waals surface area contributed by atoms with Gasteiger partial charge < -0.3 is 20.1 Å². The molecule has 6 nitrogen and oxygen atoms in total. The summed E-state index contributed by atoms with van der Waals surface area (Å²) < 4.78 is 5.10. The second-order valence-electron chi connectivity index (χ2n) is 5.26. The summed E-state index contributed by atoms with van der Waals surface area (Å²) in [4.78, 5) is 25.1.